The molecule has 1 rings (SSSR count). The molecule has 0 aliphatic rings. The summed E-state index contributed by atoms with van der Waals surface area (Å²) in [5.41, 5.74) is -0.330. The molecule has 0 spiro atoms. The molecule has 1 aromatic carbocycles. The molecule has 0 heterocycles. The maximum atomic E-state index is 12.8. The lowest BCUT2D eigenvalue weighted by atomic mass is 9.88. The van der Waals surface area contributed by atoms with Gasteiger partial charge in [-0.3, -0.25) is 0 Å². The first-order chi connectivity index (χ1) is 9.51. The summed E-state index contributed by atoms with van der Waals surface area (Å²) in [6.45, 7) is 6.45. The van der Waals surface area contributed by atoms with Gasteiger partial charge >= 0.3 is 0 Å². The van der Waals surface area contributed by atoms with E-state index in [0.717, 1.165) is 17.3 Å². The summed E-state index contributed by atoms with van der Waals surface area (Å²) >= 11 is 1.13. The summed E-state index contributed by atoms with van der Waals surface area (Å²) < 4.78 is 24.7. The van der Waals surface area contributed by atoms with Gasteiger partial charge in [0.25, 0.3) is 0 Å². The molecule has 1 aromatic rings. The number of sulfone groups is 1. The van der Waals surface area contributed by atoms with E-state index >= 15 is 0 Å². The third-order valence-electron chi connectivity index (χ3n) is 3.52. The molecule has 21 heavy (non-hydrogen) atoms. The number of rotatable bonds is 6. The molecule has 120 valence electrons. The van der Waals surface area contributed by atoms with Crippen LogP contribution in [-0.4, -0.2) is 41.2 Å². The molecule has 0 fully saturated rings. The molecule has 0 saturated heterocycles. The highest BCUT2D eigenvalue weighted by atomic mass is 32.3. The summed E-state index contributed by atoms with van der Waals surface area (Å²) in [7, 11) is -3.65. The van der Waals surface area contributed by atoms with Crippen molar-refractivity contribution in [2.24, 2.45) is 5.92 Å². The van der Waals surface area contributed by atoms with Crippen LogP contribution in [0.3, 0.4) is 0 Å². The second-order valence-electron chi connectivity index (χ2n) is 5.88. The van der Waals surface area contributed by atoms with Crippen molar-refractivity contribution >= 4 is 21.6 Å². The number of aliphatic hydroxyl groups excluding tert-OH is 1. The van der Waals surface area contributed by atoms with Gasteiger partial charge in [-0.05, 0) is 46.1 Å². The molecule has 0 radical (unpaired) electrons. The molecule has 0 saturated carbocycles. The Morgan fingerprint density at radius 3 is 2.00 bits per heavy atom. The highest BCUT2D eigenvalue weighted by Crippen LogP contribution is 2.36. The average Bonchev–Trinajstić information content (AvgIpc) is 2.33. The normalized spacial score (nSPS) is 17.3. The van der Waals surface area contributed by atoms with Crippen LogP contribution >= 0.6 is 11.8 Å². The summed E-state index contributed by atoms with van der Waals surface area (Å²) in [6, 6.07) is 6.62. The van der Waals surface area contributed by atoms with Crippen LogP contribution in [0.5, 0.6) is 0 Å². The lowest BCUT2D eigenvalue weighted by Crippen LogP contribution is -2.47. The van der Waals surface area contributed by atoms with Crippen LogP contribution in [0.1, 0.15) is 26.3 Å². The van der Waals surface area contributed by atoms with Crippen molar-refractivity contribution in [2.75, 3.05) is 6.26 Å². The Hall–Kier alpha value is -0.560. The predicted molar refractivity (Wildman–Crippen MR) is 87.1 cm³/mol. The smallest absolute Gasteiger partial charge is 0.190 e. The Labute approximate surface area is 131 Å². The van der Waals surface area contributed by atoms with Crippen molar-refractivity contribution in [3.8, 4) is 0 Å². The van der Waals surface area contributed by atoms with Crippen LogP contribution in [0.15, 0.2) is 29.2 Å². The van der Waals surface area contributed by atoms with Gasteiger partial charge < -0.3 is 10.2 Å². The zero-order valence-corrected chi connectivity index (χ0v) is 14.7. The highest BCUT2D eigenvalue weighted by molar-refractivity contribution is 8.13. The minimum absolute atomic E-state index is 0.211. The highest BCUT2D eigenvalue weighted by Gasteiger charge is 2.44. The van der Waals surface area contributed by atoms with Gasteiger partial charge in [0.15, 0.2) is 9.84 Å². The largest absolute Gasteiger partial charge is 0.393 e. The van der Waals surface area contributed by atoms with E-state index < -0.39 is 32.0 Å². The zero-order chi connectivity index (χ0) is 16.4. The molecule has 6 heteroatoms. The van der Waals surface area contributed by atoms with Gasteiger partial charge in [0.05, 0.1) is 16.6 Å². The Bertz CT molecular complexity index is 556. The Morgan fingerprint density at radius 2 is 1.67 bits per heavy atom. The average molecular weight is 332 g/mol. The van der Waals surface area contributed by atoms with Crippen molar-refractivity contribution < 1.29 is 18.6 Å². The summed E-state index contributed by atoms with van der Waals surface area (Å²) in [6.07, 6.45) is 0.736. The van der Waals surface area contributed by atoms with Crippen LogP contribution in [0.4, 0.5) is 0 Å². The topological polar surface area (TPSA) is 74.6 Å². The molecule has 4 nitrogen and oxygen atoms in total. The van der Waals surface area contributed by atoms with E-state index in [2.05, 4.69) is 0 Å². The molecule has 3 atom stereocenters. The van der Waals surface area contributed by atoms with Gasteiger partial charge in [0, 0.05) is 5.92 Å². The standard InChI is InChI=1S/C15H24O4S2/c1-10-6-8-12(9-7-10)21(18,19)14(20-5)13(11(2)16)15(3,4)17/h6-9,11,13-14,16-17H,1-5H3/t11-,13+,14?/m1/s1. The van der Waals surface area contributed by atoms with Crippen molar-refractivity contribution in [1.29, 1.82) is 0 Å². The van der Waals surface area contributed by atoms with Crippen molar-refractivity contribution in [3.63, 3.8) is 0 Å². The van der Waals surface area contributed by atoms with E-state index in [1.807, 2.05) is 6.92 Å². The number of aryl methyl sites for hydroxylation is 1. The molecule has 0 amide bonds. The van der Waals surface area contributed by atoms with Gasteiger partial charge in [0.2, 0.25) is 0 Å². The Morgan fingerprint density at radius 1 is 1.19 bits per heavy atom. The lowest BCUT2D eigenvalue weighted by molar-refractivity contribution is -0.0330. The Kier molecular flexibility index (Phi) is 5.89. The molecule has 0 aliphatic heterocycles. The fourth-order valence-corrected chi connectivity index (χ4v) is 6.41. The first-order valence-corrected chi connectivity index (χ1v) is 9.59. The third kappa shape index (κ3) is 4.22. The van der Waals surface area contributed by atoms with Gasteiger partial charge in [0.1, 0.15) is 4.58 Å². The van der Waals surface area contributed by atoms with Crippen LogP contribution < -0.4 is 0 Å². The molecule has 0 bridgehead atoms. The molecule has 2 N–H and O–H groups in total. The van der Waals surface area contributed by atoms with E-state index in [1.54, 1.807) is 30.5 Å². The van der Waals surface area contributed by atoms with E-state index in [0.29, 0.717) is 0 Å². The molecule has 0 aromatic heterocycles. The minimum Gasteiger partial charge on any atom is -0.393 e. The minimum atomic E-state index is -3.65. The quantitative estimate of drug-likeness (QED) is 0.835. The first-order valence-electron chi connectivity index (χ1n) is 6.75. The summed E-state index contributed by atoms with van der Waals surface area (Å²) in [5, 5.41) is 20.2. The van der Waals surface area contributed by atoms with Crippen LogP contribution in [0.25, 0.3) is 0 Å². The van der Waals surface area contributed by atoms with Gasteiger partial charge in [-0.15, -0.1) is 11.8 Å². The van der Waals surface area contributed by atoms with Crippen LogP contribution in [0.2, 0.25) is 0 Å². The summed E-state index contributed by atoms with van der Waals surface area (Å²) in [5.74, 6) is -0.793. The van der Waals surface area contributed by atoms with Crippen LogP contribution in [0, 0.1) is 12.8 Å². The maximum Gasteiger partial charge on any atom is 0.190 e. The number of hydrogen-bond donors (Lipinski definition) is 2. The fraction of sp³-hybridized carbons (Fsp3) is 0.600. The van der Waals surface area contributed by atoms with Gasteiger partial charge in [-0.2, -0.15) is 0 Å². The van der Waals surface area contributed by atoms with E-state index in [-0.39, 0.29) is 4.90 Å². The molecular formula is C15H24O4S2. The van der Waals surface area contributed by atoms with E-state index in [9.17, 15) is 18.6 Å². The second kappa shape index (κ2) is 6.69. The van der Waals surface area contributed by atoms with Crippen LogP contribution in [-0.2, 0) is 9.84 Å². The van der Waals surface area contributed by atoms with Gasteiger partial charge in [-0.1, -0.05) is 17.7 Å². The predicted octanol–water partition coefficient (Wildman–Crippen LogP) is 2.23. The number of aliphatic hydroxyl groups is 2. The maximum absolute atomic E-state index is 12.8. The lowest BCUT2D eigenvalue weighted by Gasteiger charge is -2.36. The SMILES string of the molecule is CSC([C@H]([C@@H](C)O)C(C)(C)O)S(=O)(=O)c1ccc(C)cc1. The van der Waals surface area contributed by atoms with E-state index in [1.165, 1.54) is 20.8 Å². The number of thioether (sulfide) groups is 1. The zero-order valence-electron chi connectivity index (χ0n) is 13.1. The molecular weight excluding hydrogens is 308 g/mol. The summed E-state index contributed by atoms with van der Waals surface area (Å²) in [4.78, 5) is 0.211. The molecule has 0 aliphatic carbocycles. The van der Waals surface area contributed by atoms with Gasteiger partial charge in [-0.25, -0.2) is 8.42 Å². The fourth-order valence-electron chi connectivity index (χ4n) is 2.48. The number of hydrogen-bond acceptors (Lipinski definition) is 5. The second-order valence-corrected chi connectivity index (χ2v) is 9.23. The third-order valence-corrected chi connectivity index (χ3v) is 7.45. The first kappa shape index (κ1) is 18.5. The number of benzene rings is 1. The monoisotopic (exact) mass is 332 g/mol. The van der Waals surface area contributed by atoms with Crippen molar-refractivity contribution in [3.05, 3.63) is 29.8 Å². The van der Waals surface area contributed by atoms with Crippen molar-refractivity contribution in [1.82, 2.24) is 0 Å². The van der Waals surface area contributed by atoms with Crippen molar-refractivity contribution in [2.45, 2.75) is 48.9 Å². The Balaban J connectivity index is 3.33. The molecule has 1 unspecified atom stereocenters. The van der Waals surface area contributed by atoms with E-state index in [4.69, 9.17) is 0 Å².